The van der Waals surface area contributed by atoms with Gasteiger partial charge in [0.2, 0.25) is 0 Å². The van der Waals surface area contributed by atoms with E-state index >= 15 is 0 Å². The van der Waals surface area contributed by atoms with Crippen LogP contribution >= 0.6 is 0 Å². The highest BCUT2D eigenvalue weighted by atomic mass is 16.4. The van der Waals surface area contributed by atoms with Gasteiger partial charge in [-0.05, 0) is 0 Å². The van der Waals surface area contributed by atoms with Crippen molar-refractivity contribution in [2.75, 3.05) is 0 Å². The molecule has 4 N–H and O–H groups in total. The van der Waals surface area contributed by atoms with E-state index in [1.165, 1.54) is 64.2 Å². The van der Waals surface area contributed by atoms with E-state index in [4.69, 9.17) is 9.90 Å². The Morgan fingerprint density at radius 1 is 0.765 bits per heavy atom. The Bertz CT molecular complexity index is 124. The van der Waals surface area contributed by atoms with Crippen molar-refractivity contribution in [3.63, 3.8) is 0 Å². The molecule has 0 atom stereocenters. The lowest BCUT2D eigenvalue weighted by molar-refractivity contribution is -0.134. The summed E-state index contributed by atoms with van der Waals surface area (Å²) < 4.78 is 0. The maximum atomic E-state index is 9.00. The van der Waals surface area contributed by atoms with Gasteiger partial charge in [-0.1, -0.05) is 78.1 Å². The normalized spacial score (nSPS) is 8.88. The predicted molar refractivity (Wildman–Crippen MR) is 75.8 cm³/mol. The Labute approximate surface area is 108 Å². The van der Waals surface area contributed by atoms with Crippen molar-refractivity contribution >= 4 is 5.97 Å². The van der Waals surface area contributed by atoms with Gasteiger partial charge in [-0.25, -0.2) is 0 Å². The molecule has 0 aromatic carbocycles. The Hall–Kier alpha value is -0.570. The van der Waals surface area contributed by atoms with E-state index in [9.17, 15) is 0 Å². The molecule has 0 aliphatic heterocycles. The van der Waals surface area contributed by atoms with Gasteiger partial charge < -0.3 is 11.3 Å². The van der Waals surface area contributed by atoms with Crippen molar-refractivity contribution in [3.8, 4) is 0 Å². The summed E-state index contributed by atoms with van der Waals surface area (Å²) in [5, 5.41) is 7.42. The fraction of sp³-hybridized carbons (Fsp3) is 0.929. The number of hydrogen-bond acceptors (Lipinski definition) is 2. The van der Waals surface area contributed by atoms with Crippen molar-refractivity contribution in [2.24, 2.45) is 0 Å². The van der Waals surface area contributed by atoms with Gasteiger partial charge >= 0.3 is 0 Å². The number of carbonyl (C=O) groups is 1. The number of hydrogen-bond donors (Lipinski definition) is 2. The van der Waals surface area contributed by atoms with E-state index in [2.05, 4.69) is 13.8 Å². The highest BCUT2D eigenvalue weighted by Gasteiger charge is 1.90. The van der Waals surface area contributed by atoms with Crippen LogP contribution in [0.3, 0.4) is 0 Å². The molecule has 0 amide bonds. The van der Waals surface area contributed by atoms with Crippen LogP contribution in [0.25, 0.3) is 0 Å². The molecule has 0 aliphatic rings. The second-order valence-electron chi connectivity index (χ2n) is 4.35. The first-order chi connectivity index (χ1) is 7.65. The summed E-state index contributed by atoms with van der Waals surface area (Å²) in [6.45, 7) is 5.64. The van der Waals surface area contributed by atoms with Crippen LogP contribution in [0.2, 0.25) is 0 Å². The molecule has 3 nitrogen and oxygen atoms in total. The second-order valence-corrected chi connectivity index (χ2v) is 4.35. The maximum absolute atomic E-state index is 9.00. The minimum Gasteiger partial charge on any atom is -0.481 e. The summed E-state index contributed by atoms with van der Waals surface area (Å²) in [4.78, 5) is 9.00. The summed E-state index contributed by atoms with van der Waals surface area (Å²) in [7, 11) is 0. The molecule has 0 aromatic rings. The predicted octanol–water partition coefficient (Wildman–Crippen LogP) is 5.18. The fourth-order valence-electron chi connectivity index (χ4n) is 1.56. The minimum absolute atomic E-state index is 0. The third-order valence-electron chi connectivity index (χ3n) is 2.46. The van der Waals surface area contributed by atoms with Gasteiger partial charge in [-0.3, -0.25) is 4.79 Å². The molecule has 0 aliphatic carbocycles. The molecule has 0 spiro atoms. The third kappa shape index (κ3) is 39.2. The zero-order valence-electron chi connectivity index (χ0n) is 12.1. The molecule has 106 valence electrons. The molecule has 17 heavy (non-hydrogen) atoms. The van der Waals surface area contributed by atoms with Crippen LogP contribution in [-0.2, 0) is 4.79 Å². The molecule has 0 unspecified atom stereocenters. The molecule has 0 radical (unpaired) electrons. The molecular formula is C14H33NO2. The van der Waals surface area contributed by atoms with Gasteiger partial charge in [0.15, 0.2) is 0 Å². The summed E-state index contributed by atoms with van der Waals surface area (Å²) in [5.41, 5.74) is 0. The number of carboxylic acid groups (broad SMARTS) is 1. The maximum Gasteiger partial charge on any atom is 0.300 e. The summed E-state index contributed by atoms with van der Waals surface area (Å²) >= 11 is 0. The molecule has 0 heterocycles. The Balaban J connectivity index is -0.000000340. The van der Waals surface area contributed by atoms with Gasteiger partial charge in [-0.15, -0.1) is 0 Å². The smallest absolute Gasteiger partial charge is 0.300 e. The van der Waals surface area contributed by atoms with E-state index in [-0.39, 0.29) is 6.15 Å². The van der Waals surface area contributed by atoms with Crippen molar-refractivity contribution in [3.05, 3.63) is 0 Å². The van der Waals surface area contributed by atoms with Gasteiger partial charge in [-0.2, -0.15) is 0 Å². The highest BCUT2D eigenvalue weighted by Crippen LogP contribution is 2.09. The van der Waals surface area contributed by atoms with Crippen molar-refractivity contribution in [2.45, 2.75) is 85.0 Å². The zero-order chi connectivity index (χ0) is 12.6. The molecule has 0 fully saturated rings. The average molecular weight is 247 g/mol. The van der Waals surface area contributed by atoms with Gasteiger partial charge in [0.1, 0.15) is 0 Å². The van der Waals surface area contributed by atoms with Gasteiger partial charge in [0.05, 0.1) is 0 Å². The van der Waals surface area contributed by atoms with Crippen LogP contribution in [0, 0.1) is 0 Å². The summed E-state index contributed by atoms with van der Waals surface area (Å²) in [6, 6.07) is 0. The van der Waals surface area contributed by atoms with Crippen molar-refractivity contribution < 1.29 is 9.90 Å². The van der Waals surface area contributed by atoms with E-state index in [1.54, 1.807) is 0 Å². The first-order valence-electron chi connectivity index (χ1n) is 6.84. The lowest BCUT2D eigenvalue weighted by atomic mass is 10.1. The zero-order valence-corrected chi connectivity index (χ0v) is 12.1. The van der Waals surface area contributed by atoms with E-state index < -0.39 is 5.97 Å². The third-order valence-corrected chi connectivity index (χ3v) is 2.46. The number of rotatable bonds is 9. The van der Waals surface area contributed by atoms with Crippen LogP contribution < -0.4 is 6.15 Å². The second kappa shape index (κ2) is 20.8. The molecule has 0 bridgehead atoms. The molecule has 3 heteroatoms. The first-order valence-corrected chi connectivity index (χ1v) is 6.84. The number of unbranched alkanes of at least 4 members (excludes halogenated alkanes) is 9. The molecule has 0 saturated heterocycles. The minimum atomic E-state index is -0.833. The largest absolute Gasteiger partial charge is 0.481 e. The quantitative estimate of drug-likeness (QED) is 0.551. The molecule has 0 saturated carbocycles. The Morgan fingerprint density at radius 2 is 0.941 bits per heavy atom. The van der Waals surface area contributed by atoms with Crippen LogP contribution in [0.15, 0.2) is 0 Å². The monoisotopic (exact) mass is 247 g/mol. The lowest BCUT2D eigenvalue weighted by Gasteiger charge is -1.99. The van der Waals surface area contributed by atoms with Crippen LogP contribution in [0.5, 0.6) is 0 Å². The van der Waals surface area contributed by atoms with Crippen LogP contribution in [0.4, 0.5) is 0 Å². The van der Waals surface area contributed by atoms with Gasteiger partial charge in [0, 0.05) is 6.92 Å². The summed E-state index contributed by atoms with van der Waals surface area (Å²) in [5.74, 6) is -0.833. The molecule has 0 rings (SSSR count). The summed E-state index contributed by atoms with van der Waals surface area (Å²) in [6.07, 6.45) is 14.4. The number of carboxylic acids is 1. The molecule has 0 aromatic heterocycles. The number of aliphatic carboxylic acids is 1. The Morgan fingerprint density at radius 3 is 1.12 bits per heavy atom. The lowest BCUT2D eigenvalue weighted by Crippen LogP contribution is -1.80. The van der Waals surface area contributed by atoms with Crippen LogP contribution in [-0.4, -0.2) is 11.1 Å². The van der Waals surface area contributed by atoms with Crippen molar-refractivity contribution in [1.82, 2.24) is 6.15 Å². The van der Waals surface area contributed by atoms with Crippen LogP contribution in [0.1, 0.15) is 85.0 Å². The fourth-order valence-corrected chi connectivity index (χ4v) is 1.56. The standard InChI is InChI=1S/C12H26.C2H4O2.H3N/c1-3-5-7-9-11-12-10-8-6-4-2;1-2(3)4;/h3-12H2,1-2H3;1H3,(H,3,4);1H3. The van der Waals surface area contributed by atoms with E-state index in [0.717, 1.165) is 6.92 Å². The van der Waals surface area contributed by atoms with Gasteiger partial charge in [0.25, 0.3) is 5.97 Å². The Kier molecular flexibility index (Phi) is 26.5. The van der Waals surface area contributed by atoms with E-state index in [1.807, 2.05) is 0 Å². The van der Waals surface area contributed by atoms with E-state index in [0.29, 0.717) is 0 Å². The SMILES string of the molecule is CC(=O)O.CCCCCCCCCCCC.N. The van der Waals surface area contributed by atoms with Crippen molar-refractivity contribution in [1.29, 1.82) is 0 Å². The molecular weight excluding hydrogens is 214 g/mol. The average Bonchev–Trinajstić information content (AvgIpc) is 2.21. The highest BCUT2D eigenvalue weighted by molar-refractivity contribution is 5.62. The topological polar surface area (TPSA) is 72.3 Å². The first kappa shape index (κ1) is 21.7.